The van der Waals surface area contributed by atoms with Crippen molar-refractivity contribution in [3.63, 3.8) is 0 Å². The Morgan fingerprint density at radius 3 is 2.11 bits per heavy atom. The molecule has 28 heavy (non-hydrogen) atoms. The highest BCUT2D eigenvalue weighted by molar-refractivity contribution is 6.99. The molecule has 0 saturated carbocycles. The molecule has 0 unspecified atom stereocenters. The van der Waals surface area contributed by atoms with Gasteiger partial charge in [0.2, 0.25) is 0 Å². The molecule has 0 amide bonds. The van der Waals surface area contributed by atoms with Crippen LogP contribution in [0.4, 0.5) is 0 Å². The Bertz CT molecular complexity index is 746. The molecular weight excluding hydrogens is 358 g/mol. The van der Waals surface area contributed by atoms with Crippen molar-refractivity contribution >= 4 is 18.7 Å². The summed E-state index contributed by atoms with van der Waals surface area (Å²) in [4.78, 5) is 2.73. The van der Waals surface area contributed by atoms with E-state index in [1.165, 1.54) is 42.7 Å². The first kappa shape index (κ1) is 19.9. The molecule has 2 aliphatic heterocycles. The van der Waals surface area contributed by atoms with Crippen molar-refractivity contribution in [2.45, 2.75) is 57.5 Å². The van der Waals surface area contributed by atoms with Gasteiger partial charge in [-0.05, 0) is 47.1 Å². The zero-order valence-electron chi connectivity index (χ0n) is 17.9. The highest BCUT2D eigenvalue weighted by Gasteiger charge is 2.54. The lowest BCUT2D eigenvalue weighted by atomic mass is 9.92. The van der Waals surface area contributed by atoms with Crippen LogP contribution in [0.25, 0.3) is 0 Å². The topological polar surface area (TPSA) is 12.5 Å². The standard InChI is InChI=1S/C25H35NOSi/c1-21-18-25(16-11-17-26(25)19-21)20-27-28(24(2,3)4,22-12-7-5-8-13-22)23-14-9-6-10-15-23/h5-10,12-15,21H,11,16-20H2,1-4H3/t21-,25+/m1/s1. The van der Waals surface area contributed by atoms with Gasteiger partial charge in [0.25, 0.3) is 8.32 Å². The van der Waals surface area contributed by atoms with Gasteiger partial charge in [-0.25, -0.2) is 0 Å². The van der Waals surface area contributed by atoms with E-state index in [1.807, 2.05) is 0 Å². The van der Waals surface area contributed by atoms with E-state index in [9.17, 15) is 0 Å². The van der Waals surface area contributed by atoms with Gasteiger partial charge in [0.05, 0.1) is 6.61 Å². The first-order chi connectivity index (χ1) is 13.4. The zero-order chi connectivity index (χ0) is 19.8. The van der Waals surface area contributed by atoms with Crippen LogP contribution in [0.15, 0.2) is 60.7 Å². The van der Waals surface area contributed by atoms with Gasteiger partial charge in [-0.15, -0.1) is 0 Å². The van der Waals surface area contributed by atoms with Crippen LogP contribution >= 0.6 is 0 Å². The number of hydrogen-bond acceptors (Lipinski definition) is 2. The Labute approximate surface area is 172 Å². The first-order valence-corrected chi connectivity index (χ1v) is 12.8. The SMILES string of the molecule is C[C@H]1CN2CCC[C@@]2(CO[Si](c2ccccc2)(c2ccccc2)C(C)(C)C)C1. The summed E-state index contributed by atoms with van der Waals surface area (Å²) in [5.74, 6) is 0.781. The van der Waals surface area contributed by atoms with Gasteiger partial charge >= 0.3 is 0 Å². The van der Waals surface area contributed by atoms with Crippen LogP contribution in [-0.4, -0.2) is 38.5 Å². The van der Waals surface area contributed by atoms with Crippen LogP contribution in [0.5, 0.6) is 0 Å². The van der Waals surface area contributed by atoms with Crippen molar-refractivity contribution in [1.82, 2.24) is 4.90 Å². The number of fused-ring (bicyclic) bond motifs is 1. The third-order valence-corrected chi connectivity index (χ3v) is 12.0. The van der Waals surface area contributed by atoms with Crippen LogP contribution in [0, 0.1) is 5.92 Å². The summed E-state index contributed by atoms with van der Waals surface area (Å²) in [6.07, 6.45) is 3.89. The number of benzene rings is 2. The minimum atomic E-state index is -2.43. The normalized spacial score (nSPS) is 25.8. The molecule has 0 aromatic heterocycles. The maximum absolute atomic E-state index is 7.30. The lowest BCUT2D eigenvalue weighted by molar-refractivity contribution is 0.108. The summed E-state index contributed by atoms with van der Waals surface area (Å²) in [6, 6.07) is 22.1. The molecule has 0 spiro atoms. The first-order valence-electron chi connectivity index (χ1n) is 10.9. The fourth-order valence-corrected chi connectivity index (χ4v) is 10.5. The van der Waals surface area contributed by atoms with Crippen molar-refractivity contribution in [1.29, 1.82) is 0 Å². The second kappa shape index (κ2) is 7.44. The summed E-state index contributed by atoms with van der Waals surface area (Å²) in [7, 11) is -2.43. The largest absolute Gasteiger partial charge is 0.406 e. The third kappa shape index (κ3) is 3.28. The van der Waals surface area contributed by atoms with Crippen LogP contribution in [0.1, 0.15) is 47.0 Å². The minimum Gasteiger partial charge on any atom is -0.406 e. The van der Waals surface area contributed by atoms with Gasteiger partial charge in [0.1, 0.15) is 0 Å². The molecule has 2 saturated heterocycles. The maximum Gasteiger partial charge on any atom is 0.261 e. The van der Waals surface area contributed by atoms with Crippen molar-refractivity contribution in [3.05, 3.63) is 60.7 Å². The Morgan fingerprint density at radius 1 is 1.00 bits per heavy atom. The molecule has 2 atom stereocenters. The van der Waals surface area contributed by atoms with Gasteiger partial charge in [-0.3, -0.25) is 4.90 Å². The number of nitrogens with zero attached hydrogens (tertiary/aromatic N) is 1. The van der Waals surface area contributed by atoms with Crippen LogP contribution in [-0.2, 0) is 4.43 Å². The van der Waals surface area contributed by atoms with Crippen molar-refractivity contribution in [2.24, 2.45) is 5.92 Å². The predicted octanol–water partition coefficient (Wildman–Crippen LogP) is 4.44. The predicted molar refractivity (Wildman–Crippen MR) is 121 cm³/mol. The molecule has 2 heterocycles. The lowest BCUT2D eigenvalue weighted by Crippen LogP contribution is -2.68. The van der Waals surface area contributed by atoms with Gasteiger partial charge in [-0.2, -0.15) is 0 Å². The third-order valence-electron chi connectivity index (χ3n) is 6.98. The number of rotatable bonds is 5. The Balaban J connectivity index is 1.77. The molecule has 3 heteroatoms. The van der Waals surface area contributed by atoms with Crippen LogP contribution in [0.2, 0.25) is 5.04 Å². The maximum atomic E-state index is 7.30. The summed E-state index contributed by atoms with van der Waals surface area (Å²) in [5.41, 5.74) is 0.256. The summed E-state index contributed by atoms with van der Waals surface area (Å²) >= 11 is 0. The van der Waals surface area contributed by atoms with E-state index in [4.69, 9.17) is 4.43 Å². The van der Waals surface area contributed by atoms with E-state index in [0.29, 0.717) is 0 Å². The Hall–Kier alpha value is -1.42. The molecule has 0 radical (unpaired) electrons. The molecule has 150 valence electrons. The molecule has 4 rings (SSSR count). The van der Waals surface area contributed by atoms with E-state index >= 15 is 0 Å². The van der Waals surface area contributed by atoms with Gasteiger partial charge < -0.3 is 4.43 Å². The van der Waals surface area contributed by atoms with Gasteiger partial charge in [0, 0.05) is 12.1 Å². The van der Waals surface area contributed by atoms with Crippen molar-refractivity contribution in [2.75, 3.05) is 19.7 Å². The van der Waals surface area contributed by atoms with E-state index in [2.05, 4.69) is 93.3 Å². The summed E-state index contributed by atoms with van der Waals surface area (Å²) in [5, 5.41) is 2.83. The highest BCUT2D eigenvalue weighted by Crippen LogP contribution is 2.44. The molecule has 0 N–H and O–H groups in total. The highest BCUT2D eigenvalue weighted by atomic mass is 28.4. The molecule has 2 aromatic carbocycles. The summed E-state index contributed by atoms with van der Waals surface area (Å²) < 4.78 is 7.30. The fourth-order valence-electron chi connectivity index (χ4n) is 5.83. The molecular formula is C25H35NOSi. The van der Waals surface area contributed by atoms with Gasteiger partial charge in [-0.1, -0.05) is 88.4 Å². The van der Waals surface area contributed by atoms with E-state index in [0.717, 1.165) is 12.5 Å². The zero-order valence-corrected chi connectivity index (χ0v) is 18.9. The average molecular weight is 394 g/mol. The second-order valence-electron chi connectivity index (χ2n) is 10.0. The molecule has 0 aliphatic carbocycles. The molecule has 2 fully saturated rings. The van der Waals surface area contributed by atoms with Gasteiger partial charge in [0.15, 0.2) is 0 Å². The quantitative estimate of drug-likeness (QED) is 0.697. The lowest BCUT2D eigenvalue weighted by Gasteiger charge is -2.45. The van der Waals surface area contributed by atoms with E-state index in [1.54, 1.807) is 0 Å². The van der Waals surface area contributed by atoms with Crippen LogP contribution in [0.3, 0.4) is 0 Å². The van der Waals surface area contributed by atoms with E-state index in [-0.39, 0.29) is 10.6 Å². The minimum absolute atomic E-state index is 0.0556. The van der Waals surface area contributed by atoms with E-state index < -0.39 is 8.32 Å². The fraction of sp³-hybridized carbons (Fsp3) is 0.520. The average Bonchev–Trinajstić information content (AvgIpc) is 3.18. The van der Waals surface area contributed by atoms with Crippen molar-refractivity contribution in [3.8, 4) is 0 Å². The monoisotopic (exact) mass is 393 g/mol. The Kier molecular flexibility index (Phi) is 5.28. The molecule has 2 aromatic rings. The smallest absolute Gasteiger partial charge is 0.261 e. The number of hydrogen-bond donors (Lipinski definition) is 0. The Morgan fingerprint density at radius 2 is 1.57 bits per heavy atom. The van der Waals surface area contributed by atoms with Crippen LogP contribution < -0.4 is 10.4 Å². The second-order valence-corrected chi connectivity index (χ2v) is 14.3. The molecule has 2 nitrogen and oxygen atoms in total. The molecule has 0 bridgehead atoms. The molecule has 2 aliphatic rings. The van der Waals surface area contributed by atoms with Crippen molar-refractivity contribution < 1.29 is 4.43 Å². The summed E-state index contributed by atoms with van der Waals surface area (Å²) in [6.45, 7) is 12.9.